The minimum Gasteiger partial charge on any atom is -0.462 e. The average molecular weight is 177 g/mol. The summed E-state index contributed by atoms with van der Waals surface area (Å²) in [5, 5.41) is 0. The molecular weight excluding hydrogens is 166 g/mol. The highest BCUT2D eigenvalue weighted by molar-refractivity contribution is 5.81. The normalized spacial score (nSPS) is 9.23. The van der Waals surface area contributed by atoms with E-state index in [-0.39, 0.29) is 5.97 Å². The lowest BCUT2D eigenvalue weighted by Crippen LogP contribution is -2.04. The van der Waals surface area contributed by atoms with Gasteiger partial charge in [-0.3, -0.25) is 4.98 Å². The van der Waals surface area contributed by atoms with E-state index in [0.29, 0.717) is 13.0 Å². The molecule has 68 valence electrons. The minimum atomic E-state index is -0.381. The third kappa shape index (κ3) is 3.51. The molecule has 3 heteroatoms. The van der Waals surface area contributed by atoms with Crippen molar-refractivity contribution in [2.24, 2.45) is 0 Å². The van der Waals surface area contributed by atoms with E-state index in [2.05, 4.69) is 11.6 Å². The summed E-state index contributed by atoms with van der Waals surface area (Å²) in [6.07, 6.45) is 5.30. The Labute approximate surface area is 77.1 Å². The molecule has 0 radical (unpaired) electrons. The number of nitrogens with zero attached hydrogens (tertiary/aromatic N) is 1. The quantitative estimate of drug-likeness (QED) is 0.514. The highest BCUT2D eigenvalue weighted by Gasteiger charge is 1.95. The number of pyridine rings is 1. The van der Waals surface area contributed by atoms with Crippen LogP contribution in [-0.4, -0.2) is 17.6 Å². The number of ether oxygens (including phenoxy) is 1. The lowest BCUT2D eigenvalue weighted by molar-refractivity contribution is -0.137. The zero-order valence-corrected chi connectivity index (χ0v) is 7.27. The van der Waals surface area contributed by atoms with Crippen LogP contribution in [0.15, 0.2) is 37.2 Å². The van der Waals surface area contributed by atoms with E-state index >= 15 is 0 Å². The van der Waals surface area contributed by atoms with Gasteiger partial charge in [0.25, 0.3) is 0 Å². The number of hydrogen-bond donors (Lipinski definition) is 0. The fraction of sp³-hybridized carbons (Fsp3) is 0.200. The summed E-state index contributed by atoms with van der Waals surface area (Å²) in [4.78, 5) is 14.5. The zero-order chi connectivity index (χ0) is 9.52. The Hall–Kier alpha value is -1.64. The molecule has 0 fully saturated rings. The molecule has 0 aliphatic heterocycles. The fourth-order valence-corrected chi connectivity index (χ4v) is 0.878. The van der Waals surface area contributed by atoms with Gasteiger partial charge in [0.15, 0.2) is 0 Å². The Morgan fingerprint density at radius 2 is 2.23 bits per heavy atom. The largest absolute Gasteiger partial charge is 0.462 e. The smallest absolute Gasteiger partial charge is 0.330 e. The molecule has 1 heterocycles. The molecule has 0 spiro atoms. The van der Waals surface area contributed by atoms with Gasteiger partial charge in [-0.15, -0.1) is 0 Å². The van der Waals surface area contributed by atoms with E-state index in [1.807, 2.05) is 12.1 Å². The molecule has 1 aromatic heterocycles. The summed E-state index contributed by atoms with van der Waals surface area (Å²) < 4.78 is 4.82. The van der Waals surface area contributed by atoms with Crippen LogP contribution in [0.5, 0.6) is 0 Å². The van der Waals surface area contributed by atoms with Crippen LogP contribution >= 0.6 is 0 Å². The zero-order valence-electron chi connectivity index (χ0n) is 7.27. The molecule has 0 unspecified atom stereocenters. The van der Waals surface area contributed by atoms with Crippen LogP contribution in [0.25, 0.3) is 0 Å². The van der Waals surface area contributed by atoms with Crippen LogP contribution < -0.4 is 0 Å². The fourth-order valence-electron chi connectivity index (χ4n) is 0.878. The molecule has 3 nitrogen and oxygen atoms in total. The van der Waals surface area contributed by atoms with Gasteiger partial charge in [-0.2, -0.15) is 0 Å². The Kier molecular flexibility index (Phi) is 3.70. The number of rotatable bonds is 4. The Morgan fingerprint density at radius 3 is 2.85 bits per heavy atom. The van der Waals surface area contributed by atoms with Crippen LogP contribution in [0.1, 0.15) is 5.56 Å². The Bertz CT molecular complexity index is 282. The standard InChI is InChI=1S/C10H11NO2/c1-2-10(12)13-8-5-9-3-6-11-7-4-9/h2-4,6-7H,1,5,8H2. The van der Waals surface area contributed by atoms with E-state index in [1.54, 1.807) is 12.4 Å². The summed E-state index contributed by atoms with van der Waals surface area (Å²) in [6.45, 7) is 3.69. The van der Waals surface area contributed by atoms with Crippen molar-refractivity contribution < 1.29 is 9.53 Å². The Morgan fingerprint density at radius 1 is 1.54 bits per heavy atom. The van der Waals surface area contributed by atoms with Crippen LogP contribution in [0, 0.1) is 0 Å². The molecule has 1 rings (SSSR count). The molecule has 1 aromatic rings. The van der Waals surface area contributed by atoms with E-state index in [1.165, 1.54) is 0 Å². The van der Waals surface area contributed by atoms with Crippen LogP contribution in [0.2, 0.25) is 0 Å². The second-order valence-corrected chi connectivity index (χ2v) is 2.48. The maximum absolute atomic E-state index is 10.6. The second-order valence-electron chi connectivity index (χ2n) is 2.48. The lowest BCUT2D eigenvalue weighted by atomic mass is 10.2. The lowest BCUT2D eigenvalue weighted by Gasteiger charge is -2.01. The van der Waals surface area contributed by atoms with E-state index in [9.17, 15) is 4.79 Å². The van der Waals surface area contributed by atoms with Crippen molar-refractivity contribution in [1.82, 2.24) is 4.98 Å². The summed E-state index contributed by atoms with van der Waals surface area (Å²) in [7, 11) is 0. The first-order chi connectivity index (χ1) is 6.33. The molecule has 0 aliphatic carbocycles. The molecule has 0 aromatic carbocycles. The monoisotopic (exact) mass is 177 g/mol. The predicted octanol–water partition coefficient (Wildman–Crippen LogP) is 1.35. The highest BCUT2D eigenvalue weighted by atomic mass is 16.5. The first-order valence-corrected chi connectivity index (χ1v) is 4.01. The maximum atomic E-state index is 10.6. The summed E-state index contributed by atoms with van der Waals surface area (Å²) in [5.41, 5.74) is 1.10. The summed E-state index contributed by atoms with van der Waals surface area (Å²) in [6, 6.07) is 3.78. The first-order valence-electron chi connectivity index (χ1n) is 4.01. The molecule has 0 saturated heterocycles. The van der Waals surface area contributed by atoms with Crippen LogP contribution in [0.3, 0.4) is 0 Å². The molecule has 0 aliphatic rings. The van der Waals surface area contributed by atoms with Crippen LogP contribution in [0.4, 0.5) is 0 Å². The third-order valence-corrected chi connectivity index (χ3v) is 1.55. The maximum Gasteiger partial charge on any atom is 0.330 e. The minimum absolute atomic E-state index is 0.381. The van der Waals surface area contributed by atoms with Crippen molar-refractivity contribution in [2.75, 3.05) is 6.61 Å². The van der Waals surface area contributed by atoms with Gasteiger partial charge in [0.2, 0.25) is 0 Å². The molecule has 13 heavy (non-hydrogen) atoms. The predicted molar refractivity (Wildman–Crippen MR) is 49.1 cm³/mol. The molecule has 0 bridgehead atoms. The summed E-state index contributed by atoms with van der Waals surface area (Å²) >= 11 is 0. The second kappa shape index (κ2) is 5.09. The number of hydrogen-bond acceptors (Lipinski definition) is 3. The van der Waals surface area contributed by atoms with Crippen molar-refractivity contribution in [3.8, 4) is 0 Å². The van der Waals surface area contributed by atoms with Gasteiger partial charge >= 0.3 is 5.97 Å². The van der Waals surface area contributed by atoms with Crippen molar-refractivity contribution >= 4 is 5.97 Å². The topological polar surface area (TPSA) is 39.2 Å². The third-order valence-electron chi connectivity index (χ3n) is 1.55. The van der Waals surface area contributed by atoms with Gasteiger partial charge < -0.3 is 4.74 Å². The Balaban J connectivity index is 2.28. The van der Waals surface area contributed by atoms with Crippen molar-refractivity contribution in [1.29, 1.82) is 0 Å². The van der Waals surface area contributed by atoms with Crippen molar-refractivity contribution in [3.63, 3.8) is 0 Å². The molecule has 0 N–H and O–H groups in total. The molecular formula is C10H11NO2. The van der Waals surface area contributed by atoms with Gasteiger partial charge in [0.05, 0.1) is 6.61 Å². The summed E-state index contributed by atoms with van der Waals surface area (Å²) in [5.74, 6) is -0.381. The average Bonchev–Trinajstić information content (AvgIpc) is 2.19. The number of esters is 1. The van der Waals surface area contributed by atoms with Crippen molar-refractivity contribution in [2.45, 2.75) is 6.42 Å². The van der Waals surface area contributed by atoms with E-state index in [4.69, 9.17) is 4.74 Å². The first kappa shape index (κ1) is 9.45. The molecule has 0 amide bonds. The molecule has 0 atom stereocenters. The van der Waals surface area contributed by atoms with Crippen LogP contribution in [-0.2, 0) is 16.0 Å². The van der Waals surface area contributed by atoms with Gasteiger partial charge in [-0.25, -0.2) is 4.79 Å². The number of aromatic nitrogens is 1. The van der Waals surface area contributed by atoms with E-state index in [0.717, 1.165) is 11.6 Å². The van der Waals surface area contributed by atoms with Gasteiger partial charge in [0, 0.05) is 24.9 Å². The van der Waals surface area contributed by atoms with Gasteiger partial charge in [-0.1, -0.05) is 6.58 Å². The van der Waals surface area contributed by atoms with E-state index < -0.39 is 0 Å². The SMILES string of the molecule is C=CC(=O)OCCc1ccncc1. The number of carbonyl (C=O) groups is 1. The number of carbonyl (C=O) groups excluding carboxylic acids is 1. The van der Waals surface area contributed by atoms with Crippen molar-refractivity contribution in [3.05, 3.63) is 42.7 Å². The highest BCUT2D eigenvalue weighted by Crippen LogP contribution is 1.97. The van der Waals surface area contributed by atoms with Gasteiger partial charge in [0.1, 0.15) is 0 Å². The van der Waals surface area contributed by atoms with Gasteiger partial charge in [-0.05, 0) is 17.7 Å². The molecule has 0 saturated carbocycles.